The van der Waals surface area contributed by atoms with Crippen molar-refractivity contribution in [1.29, 1.82) is 0 Å². The molecule has 0 radical (unpaired) electrons. The summed E-state index contributed by atoms with van der Waals surface area (Å²) in [4.78, 5) is 0. The fourth-order valence-corrected chi connectivity index (χ4v) is 2.93. The Labute approximate surface area is 114 Å². The topological polar surface area (TPSA) is 12.0 Å². The molecule has 2 rings (SSSR count). The smallest absolute Gasteiger partial charge is 0.0108 e. The maximum Gasteiger partial charge on any atom is 0.0108 e. The van der Waals surface area contributed by atoms with E-state index in [9.17, 15) is 0 Å². The first-order chi connectivity index (χ1) is 8.79. The Hall–Kier alpha value is -1.12. The molecule has 2 aromatic rings. The summed E-state index contributed by atoms with van der Waals surface area (Å²) in [6, 6.07) is 11.5. The standard InChI is InChI=1S/C16H21NS/c1-13-5-3-4-6-15(13)11-16(17-2)8-7-14-9-10-18-12-14/h3-6,9-10,12,16-17H,7-8,11H2,1-2H3. The Balaban J connectivity index is 1.91. The average molecular weight is 259 g/mol. The molecule has 0 aliphatic rings. The first-order valence-corrected chi connectivity index (χ1v) is 7.46. The second-order valence-electron chi connectivity index (χ2n) is 4.79. The van der Waals surface area contributed by atoms with Gasteiger partial charge in [0.25, 0.3) is 0 Å². The summed E-state index contributed by atoms with van der Waals surface area (Å²) in [7, 11) is 2.07. The predicted octanol–water partition coefficient (Wildman–Crippen LogP) is 3.82. The number of thiophene rings is 1. The molecule has 0 aliphatic heterocycles. The molecule has 2 heteroatoms. The molecule has 0 saturated carbocycles. The summed E-state index contributed by atoms with van der Waals surface area (Å²) in [5.74, 6) is 0. The molecule has 1 heterocycles. The van der Waals surface area contributed by atoms with Crippen LogP contribution in [0.25, 0.3) is 0 Å². The van der Waals surface area contributed by atoms with Crippen molar-refractivity contribution < 1.29 is 0 Å². The Morgan fingerprint density at radius 2 is 2.06 bits per heavy atom. The number of aryl methyl sites for hydroxylation is 2. The Bertz CT molecular complexity index is 462. The van der Waals surface area contributed by atoms with Gasteiger partial charge in [0.2, 0.25) is 0 Å². The van der Waals surface area contributed by atoms with Gasteiger partial charge in [-0.15, -0.1) is 0 Å². The van der Waals surface area contributed by atoms with E-state index in [1.54, 1.807) is 11.3 Å². The van der Waals surface area contributed by atoms with Gasteiger partial charge in [-0.1, -0.05) is 24.3 Å². The summed E-state index contributed by atoms with van der Waals surface area (Å²) in [6.45, 7) is 2.20. The Morgan fingerprint density at radius 1 is 1.22 bits per heavy atom. The van der Waals surface area contributed by atoms with Crippen molar-refractivity contribution in [2.45, 2.75) is 32.2 Å². The van der Waals surface area contributed by atoms with Crippen LogP contribution in [0.2, 0.25) is 0 Å². The van der Waals surface area contributed by atoms with Gasteiger partial charge in [0.1, 0.15) is 0 Å². The Morgan fingerprint density at radius 3 is 2.72 bits per heavy atom. The molecule has 96 valence electrons. The third-order valence-electron chi connectivity index (χ3n) is 3.50. The molecule has 0 amide bonds. The van der Waals surface area contributed by atoms with Crippen molar-refractivity contribution in [2.24, 2.45) is 0 Å². The van der Waals surface area contributed by atoms with Crippen LogP contribution in [0.4, 0.5) is 0 Å². The lowest BCUT2D eigenvalue weighted by Crippen LogP contribution is -2.28. The molecule has 1 N–H and O–H groups in total. The number of likely N-dealkylation sites (N-methyl/N-ethyl adjacent to an activating group) is 1. The zero-order chi connectivity index (χ0) is 12.8. The van der Waals surface area contributed by atoms with E-state index in [1.165, 1.54) is 29.5 Å². The van der Waals surface area contributed by atoms with Crippen LogP contribution >= 0.6 is 11.3 Å². The first kappa shape index (κ1) is 13.3. The van der Waals surface area contributed by atoms with Crippen molar-refractivity contribution in [2.75, 3.05) is 7.05 Å². The molecular weight excluding hydrogens is 238 g/mol. The minimum atomic E-state index is 0.561. The second kappa shape index (κ2) is 6.72. The SMILES string of the molecule is CNC(CCc1ccsc1)Cc1ccccc1C. The fourth-order valence-electron chi connectivity index (χ4n) is 2.23. The summed E-state index contributed by atoms with van der Waals surface area (Å²) in [5.41, 5.74) is 4.32. The van der Waals surface area contributed by atoms with Crippen LogP contribution < -0.4 is 5.32 Å². The van der Waals surface area contributed by atoms with E-state index >= 15 is 0 Å². The van der Waals surface area contributed by atoms with Crippen molar-refractivity contribution in [3.8, 4) is 0 Å². The van der Waals surface area contributed by atoms with Crippen molar-refractivity contribution in [3.63, 3.8) is 0 Å². The van der Waals surface area contributed by atoms with E-state index in [0.29, 0.717) is 6.04 Å². The van der Waals surface area contributed by atoms with Gasteiger partial charge in [-0.25, -0.2) is 0 Å². The van der Waals surface area contributed by atoms with E-state index < -0.39 is 0 Å². The maximum atomic E-state index is 3.44. The zero-order valence-corrected chi connectivity index (χ0v) is 12.0. The zero-order valence-electron chi connectivity index (χ0n) is 11.1. The summed E-state index contributed by atoms with van der Waals surface area (Å²) in [6.07, 6.45) is 3.48. The third-order valence-corrected chi connectivity index (χ3v) is 4.23. The van der Waals surface area contributed by atoms with Gasteiger partial charge >= 0.3 is 0 Å². The van der Waals surface area contributed by atoms with Gasteiger partial charge in [-0.05, 0) is 66.8 Å². The van der Waals surface area contributed by atoms with Gasteiger partial charge in [-0.2, -0.15) is 11.3 Å². The van der Waals surface area contributed by atoms with Crippen LogP contribution in [0.5, 0.6) is 0 Å². The fraction of sp³-hybridized carbons (Fsp3) is 0.375. The van der Waals surface area contributed by atoms with Gasteiger partial charge in [0.15, 0.2) is 0 Å². The molecular formula is C16H21NS. The number of rotatable bonds is 6. The number of benzene rings is 1. The summed E-state index contributed by atoms with van der Waals surface area (Å²) in [5, 5.41) is 7.85. The highest BCUT2D eigenvalue weighted by atomic mass is 32.1. The molecule has 1 nitrogen and oxygen atoms in total. The average Bonchev–Trinajstić information content (AvgIpc) is 2.90. The molecule has 18 heavy (non-hydrogen) atoms. The third kappa shape index (κ3) is 3.69. The molecule has 0 saturated heterocycles. The highest BCUT2D eigenvalue weighted by Gasteiger charge is 2.09. The summed E-state index contributed by atoms with van der Waals surface area (Å²) < 4.78 is 0. The number of nitrogens with one attached hydrogen (secondary N) is 1. The molecule has 1 unspecified atom stereocenters. The molecule has 0 spiro atoms. The van der Waals surface area contributed by atoms with Crippen LogP contribution in [0.15, 0.2) is 41.1 Å². The molecule has 0 bridgehead atoms. The van der Waals surface area contributed by atoms with Gasteiger partial charge in [0.05, 0.1) is 0 Å². The van der Waals surface area contributed by atoms with Gasteiger partial charge in [-0.3, -0.25) is 0 Å². The van der Waals surface area contributed by atoms with Gasteiger partial charge in [0, 0.05) is 6.04 Å². The lowest BCUT2D eigenvalue weighted by molar-refractivity contribution is 0.519. The van der Waals surface area contributed by atoms with E-state index in [4.69, 9.17) is 0 Å². The van der Waals surface area contributed by atoms with Crippen LogP contribution in [0, 0.1) is 6.92 Å². The molecule has 1 aromatic heterocycles. The first-order valence-electron chi connectivity index (χ1n) is 6.52. The molecule has 0 aliphatic carbocycles. The maximum absolute atomic E-state index is 3.44. The van der Waals surface area contributed by atoms with E-state index in [-0.39, 0.29) is 0 Å². The predicted molar refractivity (Wildman–Crippen MR) is 80.4 cm³/mol. The van der Waals surface area contributed by atoms with Crippen LogP contribution in [-0.4, -0.2) is 13.1 Å². The highest BCUT2D eigenvalue weighted by Crippen LogP contribution is 2.14. The summed E-state index contributed by atoms with van der Waals surface area (Å²) >= 11 is 1.78. The molecule has 1 atom stereocenters. The second-order valence-corrected chi connectivity index (χ2v) is 5.57. The van der Waals surface area contributed by atoms with E-state index in [1.807, 2.05) is 0 Å². The minimum absolute atomic E-state index is 0.561. The van der Waals surface area contributed by atoms with Crippen molar-refractivity contribution >= 4 is 11.3 Å². The number of hydrogen-bond acceptors (Lipinski definition) is 2. The normalized spacial score (nSPS) is 12.6. The lowest BCUT2D eigenvalue weighted by atomic mass is 9.97. The van der Waals surface area contributed by atoms with E-state index in [0.717, 1.165) is 6.42 Å². The number of hydrogen-bond donors (Lipinski definition) is 1. The quantitative estimate of drug-likeness (QED) is 0.831. The largest absolute Gasteiger partial charge is 0.317 e. The lowest BCUT2D eigenvalue weighted by Gasteiger charge is -2.17. The van der Waals surface area contributed by atoms with Crippen molar-refractivity contribution in [1.82, 2.24) is 5.32 Å². The monoisotopic (exact) mass is 259 g/mol. The molecule has 0 fully saturated rings. The highest BCUT2D eigenvalue weighted by molar-refractivity contribution is 7.07. The van der Waals surface area contributed by atoms with Crippen molar-refractivity contribution in [3.05, 3.63) is 57.8 Å². The van der Waals surface area contributed by atoms with E-state index in [2.05, 4.69) is 60.4 Å². The minimum Gasteiger partial charge on any atom is -0.317 e. The van der Waals surface area contributed by atoms with Gasteiger partial charge < -0.3 is 5.32 Å². The Kier molecular flexibility index (Phi) is 4.97. The van der Waals surface area contributed by atoms with Crippen LogP contribution in [-0.2, 0) is 12.8 Å². The van der Waals surface area contributed by atoms with Crippen LogP contribution in [0.1, 0.15) is 23.1 Å². The van der Waals surface area contributed by atoms with Crippen LogP contribution in [0.3, 0.4) is 0 Å². The molecule has 1 aromatic carbocycles.